The van der Waals surface area contributed by atoms with Gasteiger partial charge in [-0.2, -0.15) is 0 Å². The van der Waals surface area contributed by atoms with Crippen LogP contribution in [0.3, 0.4) is 0 Å². The zero-order chi connectivity index (χ0) is 26.0. The van der Waals surface area contributed by atoms with Gasteiger partial charge in [-0.05, 0) is 53.4 Å². The van der Waals surface area contributed by atoms with E-state index in [1.165, 1.54) is 11.0 Å². The van der Waals surface area contributed by atoms with Crippen LogP contribution in [0, 0.1) is 35.5 Å². The van der Waals surface area contributed by atoms with Crippen LogP contribution in [0.25, 0.3) is 11.1 Å². The van der Waals surface area contributed by atoms with Gasteiger partial charge in [-0.3, -0.25) is 14.4 Å². The van der Waals surface area contributed by atoms with E-state index in [1.807, 2.05) is 42.5 Å². The van der Waals surface area contributed by atoms with E-state index in [1.54, 1.807) is 30.3 Å². The number of esters is 1. The number of hydrogen-bond donors (Lipinski definition) is 0. The van der Waals surface area contributed by atoms with Crippen molar-refractivity contribution in [1.29, 1.82) is 0 Å². The fourth-order valence-electron chi connectivity index (χ4n) is 6.81. The number of carbonyl (C=O) groups excluding carboxylic acids is 4. The van der Waals surface area contributed by atoms with Crippen molar-refractivity contribution in [1.82, 2.24) is 0 Å². The smallest absolute Gasteiger partial charge is 0.340 e. The summed E-state index contributed by atoms with van der Waals surface area (Å²) in [6.07, 6.45) is 5.32. The minimum absolute atomic E-state index is 0.0986. The zero-order valence-corrected chi connectivity index (χ0v) is 20.5. The molecular weight excluding hydrogens is 478 g/mol. The third kappa shape index (κ3) is 3.47. The fraction of sp³-hybridized carbons (Fsp3) is 0.250. The standard InChI is InChI=1S/C32H25NO5/c34-27(20-12-10-19(11-13-20)18-6-2-1-3-7-18)17-38-32(37)23-8-4-5-9-26(23)33-30(35)28-21-14-15-22(25-16-24(21)25)29(28)31(33)36/h1-15,21-22,24-25,28-29H,16-17H2/t21-,22+,24-,25-,28+,29+/m1/s1. The number of anilines is 1. The molecule has 0 N–H and O–H groups in total. The van der Waals surface area contributed by atoms with E-state index in [0.29, 0.717) is 17.4 Å². The average molecular weight is 504 g/mol. The number of imide groups is 1. The third-order valence-corrected chi connectivity index (χ3v) is 8.68. The molecule has 2 amide bonds. The number of benzene rings is 3. The summed E-state index contributed by atoms with van der Waals surface area (Å²) in [4.78, 5) is 54.1. The molecule has 8 rings (SSSR count). The number of rotatable bonds is 6. The summed E-state index contributed by atoms with van der Waals surface area (Å²) in [6, 6.07) is 23.4. The molecule has 38 heavy (non-hydrogen) atoms. The van der Waals surface area contributed by atoms with E-state index in [-0.39, 0.29) is 52.5 Å². The SMILES string of the molecule is O=C(COC(=O)c1ccccc1N1C(=O)[C@H]2[C@@H]3C=C[C@@H]([C@H]4C[C@H]34)[C@@H]2C1=O)c1ccc(-c2ccccc2)cc1. The molecule has 1 heterocycles. The van der Waals surface area contributed by atoms with Crippen LogP contribution in [0.2, 0.25) is 0 Å². The van der Waals surface area contributed by atoms with Gasteiger partial charge in [0.2, 0.25) is 11.8 Å². The zero-order valence-electron chi connectivity index (χ0n) is 20.5. The Kier molecular flexibility index (Phi) is 5.18. The molecule has 6 atom stereocenters. The second kappa shape index (κ2) is 8.62. The Morgan fingerprint density at radius 3 is 1.97 bits per heavy atom. The first-order chi connectivity index (χ1) is 18.5. The summed E-state index contributed by atoms with van der Waals surface area (Å²) in [7, 11) is 0. The highest BCUT2D eigenvalue weighted by atomic mass is 16.5. The second-order valence-corrected chi connectivity index (χ2v) is 10.6. The van der Waals surface area contributed by atoms with Crippen LogP contribution >= 0.6 is 0 Å². The molecule has 3 aromatic carbocycles. The topological polar surface area (TPSA) is 80.8 Å². The molecule has 3 aromatic rings. The molecule has 5 aliphatic rings. The number of ether oxygens (including phenoxy) is 1. The van der Waals surface area contributed by atoms with Gasteiger partial charge in [-0.25, -0.2) is 9.69 Å². The molecule has 0 unspecified atom stereocenters. The number of ketones is 1. The monoisotopic (exact) mass is 503 g/mol. The number of hydrogen-bond acceptors (Lipinski definition) is 5. The lowest BCUT2D eigenvalue weighted by Gasteiger charge is -2.37. The average Bonchev–Trinajstić information content (AvgIpc) is 3.75. The lowest BCUT2D eigenvalue weighted by molar-refractivity contribution is -0.124. The van der Waals surface area contributed by atoms with Crippen LogP contribution in [0.5, 0.6) is 0 Å². The lowest BCUT2D eigenvalue weighted by Crippen LogP contribution is -2.40. The van der Waals surface area contributed by atoms with Crippen molar-refractivity contribution < 1.29 is 23.9 Å². The summed E-state index contributed by atoms with van der Waals surface area (Å²) >= 11 is 0. The van der Waals surface area contributed by atoms with Crippen molar-refractivity contribution in [3.63, 3.8) is 0 Å². The van der Waals surface area contributed by atoms with Gasteiger partial charge in [0.1, 0.15) is 0 Å². The van der Waals surface area contributed by atoms with E-state index in [4.69, 9.17) is 4.74 Å². The Bertz CT molecular complexity index is 1470. The number of Topliss-reactive ketones (excluding diaryl/α,β-unsaturated/α-hetero) is 1. The van der Waals surface area contributed by atoms with Gasteiger partial charge in [0.25, 0.3) is 0 Å². The lowest BCUT2D eigenvalue weighted by atomic mass is 9.63. The summed E-state index contributed by atoms with van der Waals surface area (Å²) in [5, 5.41) is 0. The number of allylic oxidation sites excluding steroid dienone is 2. The molecule has 2 bridgehead atoms. The molecule has 0 aromatic heterocycles. The molecule has 1 saturated heterocycles. The predicted octanol–water partition coefficient (Wildman–Crippen LogP) is 4.95. The van der Waals surface area contributed by atoms with Crippen LogP contribution in [0.1, 0.15) is 27.1 Å². The quantitative estimate of drug-likeness (QED) is 0.206. The van der Waals surface area contributed by atoms with Crippen LogP contribution in [0.4, 0.5) is 5.69 Å². The van der Waals surface area contributed by atoms with Gasteiger partial charge >= 0.3 is 5.97 Å². The van der Waals surface area contributed by atoms with E-state index < -0.39 is 12.6 Å². The summed E-state index contributed by atoms with van der Waals surface area (Å²) in [6.45, 7) is -0.442. The van der Waals surface area contributed by atoms with Crippen LogP contribution < -0.4 is 4.90 Å². The van der Waals surface area contributed by atoms with E-state index in [2.05, 4.69) is 12.2 Å². The molecule has 0 radical (unpaired) electrons. The molecule has 188 valence electrons. The Hall–Kier alpha value is -4.32. The number of carbonyl (C=O) groups is 4. The van der Waals surface area contributed by atoms with Crippen molar-refractivity contribution in [3.8, 4) is 11.1 Å². The number of nitrogens with zero attached hydrogens (tertiary/aromatic N) is 1. The van der Waals surface area contributed by atoms with Gasteiger partial charge in [0.15, 0.2) is 12.4 Å². The highest BCUT2D eigenvalue weighted by Crippen LogP contribution is 2.65. The molecule has 1 aliphatic heterocycles. The first-order valence-electron chi connectivity index (χ1n) is 13.0. The summed E-state index contributed by atoms with van der Waals surface area (Å²) < 4.78 is 5.38. The predicted molar refractivity (Wildman–Crippen MR) is 140 cm³/mol. The van der Waals surface area contributed by atoms with Crippen molar-refractivity contribution in [2.75, 3.05) is 11.5 Å². The molecule has 0 spiro atoms. The summed E-state index contributed by atoms with van der Waals surface area (Å²) in [5.41, 5.74) is 2.79. The molecule has 2 saturated carbocycles. The Balaban J connectivity index is 1.07. The number of para-hydroxylation sites is 1. The fourth-order valence-corrected chi connectivity index (χ4v) is 6.81. The van der Waals surface area contributed by atoms with Crippen molar-refractivity contribution in [2.45, 2.75) is 6.42 Å². The van der Waals surface area contributed by atoms with E-state index >= 15 is 0 Å². The maximum absolute atomic E-state index is 13.5. The first-order valence-corrected chi connectivity index (χ1v) is 13.0. The first kappa shape index (κ1) is 22.8. The Morgan fingerprint density at radius 1 is 0.737 bits per heavy atom. The number of amides is 2. The van der Waals surface area contributed by atoms with Crippen LogP contribution in [0.15, 0.2) is 91.0 Å². The highest BCUT2D eigenvalue weighted by Gasteiger charge is 2.67. The minimum atomic E-state index is -0.741. The maximum Gasteiger partial charge on any atom is 0.340 e. The van der Waals surface area contributed by atoms with E-state index in [0.717, 1.165) is 17.5 Å². The van der Waals surface area contributed by atoms with E-state index in [9.17, 15) is 19.2 Å². The van der Waals surface area contributed by atoms with Crippen LogP contribution in [-0.2, 0) is 14.3 Å². The van der Waals surface area contributed by atoms with Gasteiger partial charge in [0.05, 0.1) is 23.1 Å². The highest BCUT2D eigenvalue weighted by molar-refractivity contribution is 6.24. The normalized spacial score (nSPS) is 28.2. The third-order valence-electron chi connectivity index (χ3n) is 8.68. The molecule has 6 nitrogen and oxygen atoms in total. The van der Waals surface area contributed by atoms with Gasteiger partial charge in [0, 0.05) is 5.56 Å². The van der Waals surface area contributed by atoms with Crippen molar-refractivity contribution in [2.24, 2.45) is 35.5 Å². The van der Waals surface area contributed by atoms with Crippen molar-refractivity contribution in [3.05, 3.63) is 102 Å². The molecule has 3 fully saturated rings. The minimum Gasteiger partial charge on any atom is -0.454 e. The second-order valence-electron chi connectivity index (χ2n) is 10.6. The Labute approximate surface area is 219 Å². The maximum atomic E-state index is 13.5. The Morgan fingerprint density at radius 2 is 1.32 bits per heavy atom. The molecule has 6 heteroatoms. The molecule has 4 aliphatic carbocycles. The largest absolute Gasteiger partial charge is 0.454 e. The molecular formula is C32H25NO5. The van der Waals surface area contributed by atoms with Crippen molar-refractivity contribution >= 4 is 29.3 Å². The van der Waals surface area contributed by atoms with Gasteiger partial charge in [-0.15, -0.1) is 0 Å². The summed E-state index contributed by atoms with van der Waals surface area (Å²) in [5.74, 6) is -1.07. The van der Waals surface area contributed by atoms with Crippen LogP contribution in [-0.4, -0.2) is 30.2 Å². The van der Waals surface area contributed by atoms with Gasteiger partial charge < -0.3 is 4.74 Å². The van der Waals surface area contributed by atoms with Gasteiger partial charge in [-0.1, -0.05) is 78.9 Å².